The smallest absolute Gasteiger partial charge is 0.0256 e. The van der Waals surface area contributed by atoms with Crippen LogP contribution in [0, 0.1) is 0 Å². The maximum atomic E-state index is 2.25. The predicted octanol–water partition coefficient (Wildman–Crippen LogP) is 6.54. The van der Waals surface area contributed by atoms with Crippen molar-refractivity contribution in [2.45, 2.75) is 52.4 Å². The highest BCUT2D eigenvalue weighted by Crippen LogP contribution is 2.13. The zero-order chi connectivity index (χ0) is 15.6. The zero-order valence-corrected chi connectivity index (χ0v) is 14.0. The van der Waals surface area contributed by atoms with Crippen molar-refractivity contribution in [3.05, 3.63) is 70.8 Å². The summed E-state index contributed by atoms with van der Waals surface area (Å²) in [7, 11) is 0. The van der Waals surface area contributed by atoms with Crippen LogP contribution in [0.2, 0.25) is 0 Å². The van der Waals surface area contributed by atoms with E-state index in [2.05, 4.69) is 74.5 Å². The van der Waals surface area contributed by atoms with Crippen LogP contribution in [0.25, 0.3) is 12.2 Å². The van der Waals surface area contributed by atoms with Crippen molar-refractivity contribution in [1.82, 2.24) is 0 Å². The molecule has 2 rings (SSSR count). The van der Waals surface area contributed by atoms with Gasteiger partial charge < -0.3 is 0 Å². The van der Waals surface area contributed by atoms with Gasteiger partial charge in [0.05, 0.1) is 0 Å². The van der Waals surface area contributed by atoms with Crippen molar-refractivity contribution in [2.24, 2.45) is 0 Å². The van der Waals surface area contributed by atoms with Gasteiger partial charge in [0.2, 0.25) is 0 Å². The summed E-state index contributed by atoms with van der Waals surface area (Å²) in [6.07, 6.45) is 11.9. The Morgan fingerprint density at radius 2 is 0.955 bits per heavy atom. The van der Waals surface area contributed by atoms with Gasteiger partial charge in [-0.05, 0) is 47.9 Å². The highest BCUT2D eigenvalue weighted by atomic mass is 14.0. The third kappa shape index (κ3) is 5.52. The summed E-state index contributed by atoms with van der Waals surface area (Å²) in [5, 5.41) is 0. The lowest BCUT2D eigenvalue weighted by Gasteiger charge is -2.02. The van der Waals surface area contributed by atoms with Gasteiger partial charge in [0, 0.05) is 0 Å². The summed E-state index contributed by atoms with van der Waals surface area (Å²) in [6.45, 7) is 4.48. The lowest BCUT2D eigenvalue weighted by atomic mass is 10.0. The third-order valence-electron chi connectivity index (χ3n) is 4.07. The summed E-state index contributed by atoms with van der Waals surface area (Å²) in [6, 6.07) is 17.9. The minimum atomic E-state index is 1.19. The van der Waals surface area contributed by atoms with Crippen LogP contribution in [0.4, 0.5) is 0 Å². The number of hydrogen-bond acceptors (Lipinski definition) is 0. The van der Waals surface area contributed by atoms with E-state index in [0.717, 1.165) is 0 Å². The summed E-state index contributed by atoms with van der Waals surface area (Å²) >= 11 is 0. The van der Waals surface area contributed by atoms with Gasteiger partial charge >= 0.3 is 0 Å². The lowest BCUT2D eigenvalue weighted by molar-refractivity contribution is 0.795. The van der Waals surface area contributed by atoms with E-state index in [4.69, 9.17) is 0 Å². The molecule has 0 amide bonds. The molecule has 0 radical (unpaired) electrons. The molecule has 0 saturated heterocycles. The van der Waals surface area contributed by atoms with Crippen molar-refractivity contribution in [3.8, 4) is 0 Å². The molecule has 0 bridgehead atoms. The molecule has 0 nitrogen and oxygen atoms in total. The number of rotatable bonds is 8. The van der Waals surface area contributed by atoms with E-state index in [1.165, 1.54) is 60.8 Å². The second-order valence-corrected chi connectivity index (χ2v) is 6.02. The minimum Gasteiger partial charge on any atom is -0.0654 e. The average molecular weight is 292 g/mol. The molecule has 0 heterocycles. The Morgan fingerprint density at radius 1 is 0.591 bits per heavy atom. The van der Waals surface area contributed by atoms with Crippen LogP contribution >= 0.6 is 0 Å². The Labute approximate surface area is 135 Å². The largest absolute Gasteiger partial charge is 0.0654 e. The highest BCUT2D eigenvalue weighted by Gasteiger charge is 1.94. The molecule has 0 aliphatic rings. The van der Waals surface area contributed by atoms with Gasteiger partial charge in [0.25, 0.3) is 0 Å². The van der Waals surface area contributed by atoms with E-state index in [9.17, 15) is 0 Å². The van der Waals surface area contributed by atoms with Crippen LogP contribution in [-0.2, 0) is 12.8 Å². The Morgan fingerprint density at radius 3 is 1.27 bits per heavy atom. The first kappa shape index (κ1) is 16.5. The number of benzene rings is 2. The predicted molar refractivity (Wildman–Crippen MR) is 99.0 cm³/mol. The van der Waals surface area contributed by atoms with Crippen LogP contribution in [0.3, 0.4) is 0 Å². The molecule has 0 fully saturated rings. The molecule has 116 valence electrons. The first-order valence-electron chi connectivity index (χ1n) is 8.67. The maximum Gasteiger partial charge on any atom is -0.0256 e. The third-order valence-corrected chi connectivity index (χ3v) is 4.07. The topological polar surface area (TPSA) is 0 Å². The Balaban J connectivity index is 1.93. The van der Waals surface area contributed by atoms with Gasteiger partial charge in [0.15, 0.2) is 0 Å². The van der Waals surface area contributed by atoms with Crippen molar-refractivity contribution < 1.29 is 0 Å². The van der Waals surface area contributed by atoms with E-state index in [1.807, 2.05) is 0 Å². The Hall–Kier alpha value is -1.82. The monoisotopic (exact) mass is 292 g/mol. The van der Waals surface area contributed by atoms with Crippen LogP contribution in [-0.4, -0.2) is 0 Å². The van der Waals surface area contributed by atoms with Gasteiger partial charge in [0.1, 0.15) is 0 Å². The molecule has 0 aliphatic heterocycles. The summed E-state index contributed by atoms with van der Waals surface area (Å²) < 4.78 is 0. The fourth-order valence-electron chi connectivity index (χ4n) is 2.55. The van der Waals surface area contributed by atoms with Gasteiger partial charge in [-0.1, -0.05) is 87.4 Å². The molecule has 2 aromatic rings. The fourth-order valence-corrected chi connectivity index (χ4v) is 2.55. The van der Waals surface area contributed by atoms with Crippen LogP contribution in [0.15, 0.2) is 48.5 Å². The normalized spacial score (nSPS) is 11.2. The maximum absolute atomic E-state index is 2.25. The molecule has 0 atom stereocenters. The highest BCUT2D eigenvalue weighted by molar-refractivity contribution is 5.69. The van der Waals surface area contributed by atoms with Crippen molar-refractivity contribution in [2.75, 3.05) is 0 Å². The Kier molecular flexibility index (Phi) is 6.96. The SMILES string of the molecule is CCCCc1ccc(C=Cc2ccc(CCCC)cc2)cc1. The molecular weight excluding hydrogens is 264 g/mol. The van der Waals surface area contributed by atoms with Gasteiger partial charge in [-0.3, -0.25) is 0 Å². The summed E-state index contributed by atoms with van der Waals surface area (Å²) in [5.74, 6) is 0. The second kappa shape index (κ2) is 9.25. The zero-order valence-electron chi connectivity index (χ0n) is 14.0. The molecule has 0 spiro atoms. The van der Waals surface area contributed by atoms with Crippen molar-refractivity contribution >= 4 is 12.2 Å². The standard InChI is InChI=1S/C22H28/c1-3-5-7-19-9-13-21(14-10-19)17-18-22-15-11-20(12-16-22)8-6-4-2/h9-18H,3-8H2,1-2H3. The fraction of sp³-hybridized carbons (Fsp3) is 0.364. The van der Waals surface area contributed by atoms with Crippen molar-refractivity contribution in [3.63, 3.8) is 0 Å². The van der Waals surface area contributed by atoms with Gasteiger partial charge in [-0.25, -0.2) is 0 Å². The first-order chi connectivity index (χ1) is 10.8. The molecule has 0 N–H and O–H groups in total. The molecule has 0 unspecified atom stereocenters. The van der Waals surface area contributed by atoms with E-state index in [-0.39, 0.29) is 0 Å². The van der Waals surface area contributed by atoms with Crippen molar-refractivity contribution in [1.29, 1.82) is 0 Å². The second-order valence-electron chi connectivity index (χ2n) is 6.02. The minimum absolute atomic E-state index is 1.19. The first-order valence-corrected chi connectivity index (χ1v) is 8.67. The van der Waals surface area contributed by atoms with Crippen LogP contribution < -0.4 is 0 Å². The van der Waals surface area contributed by atoms with E-state index in [1.54, 1.807) is 0 Å². The number of hydrogen-bond donors (Lipinski definition) is 0. The molecule has 22 heavy (non-hydrogen) atoms. The molecular formula is C22H28. The molecule has 0 heteroatoms. The van der Waals surface area contributed by atoms with Crippen LogP contribution in [0.5, 0.6) is 0 Å². The Bertz CT molecular complexity index is 504. The van der Waals surface area contributed by atoms with Gasteiger partial charge in [-0.15, -0.1) is 0 Å². The average Bonchev–Trinajstić information content (AvgIpc) is 2.58. The van der Waals surface area contributed by atoms with Crippen LogP contribution in [0.1, 0.15) is 61.8 Å². The molecule has 0 aliphatic carbocycles. The number of unbranched alkanes of at least 4 members (excludes halogenated alkanes) is 2. The van der Waals surface area contributed by atoms with Gasteiger partial charge in [-0.2, -0.15) is 0 Å². The van der Waals surface area contributed by atoms with E-state index in [0.29, 0.717) is 0 Å². The summed E-state index contributed by atoms with van der Waals surface area (Å²) in [5.41, 5.74) is 5.43. The lowest BCUT2D eigenvalue weighted by Crippen LogP contribution is -1.85. The molecule has 0 aromatic heterocycles. The van der Waals surface area contributed by atoms with E-state index >= 15 is 0 Å². The quantitative estimate of drug-likeness (QED) is 0.484. The molecule has 0 saturated carbocycles. The van der Waals surface area contributed by atoms with E-state index < -0.39 is 0 Å². The number of aryl methyl sites for hydroxylation is 2. The summed E-state index contributed by atoms with van der Waals surface area (Å²) in [4.78, 5) is 0. The molecule has 2 aromatic carbocycles.